The summed E-state index contributed by atoms with van der Waals surface area (Å²) in [7, 11) is 0. The molecule has 7 heteroatoms. The summed E-state index contributed by atoms with van der Waals surface area (Å²) in [6.07, 6.45) is 6.12. The lowest BCUT2D eigenvalue weighted by Gasteiger charge is -2.35. The van der Waals surface area contributed by atoms with E-state index in [1.165, 1.54) is 10.9 Å². The Morgan fingerprint density at radius 1 is 1.14 bits per heavy atom. The summed E-state index contributed by atoms with van der Waals surface area (Å²) in [5, 5.41) is 4.18. The summed E-state index contributed by atoms with van der Waals surface area (Å²) >= 11 is 0. The zero-order valence-electron chi connectivity index (χ0n) is 16.5. The highest BCUT2D eigenvalue weighted by molar-refractivity contribution is 5.94. The molecule has 0 unspecified atom stereocenters. The number of amides is 2. The quantitative estimate of drug-likeness (QED) is 0.699. The summed E-state index contributed by atoms with van der Waals surface area (Å²) < 4.78 is 0. The number of piperazine rings is 1. The van der Waals surface area contributed by atoms with E-state index in [1.54, 1.807) is 19.3 Å². The lowest BCUT2D eigenvalue weighted by Crippen LogP contribution is -2.48. The first kappa shape index (κ1) is 19.0. The fraction of sp³-hybridized carbons (Fsp3) is 0.318. The fourth-order valence-electron chi connectivity index (χ4n) is 3.76. The van der Waals surface area contributed by atoms with Crippen LogP contribution in [0.4, 0.5) is 5.69 Å². The van der Waals surface area contributed by atoms with Crippen molar-refractivity contribution in [1.82, 2.24) is 20.2 Å². The van der Waals surface area contributed by atoms with Crippen molar-refractivity contribution in [3.05, 3.63) is 60.0 Å². The number of nitrogens with zero attached hydrogens (tertiary/aromatic N) is 3. The second-order valence-corrected chi connectivity index (χ2v) is 7.29. The lowest BCUT2D eigenvalue weighted by atomic mass is 10.1. The normalized spacial score (nSPS) is 14.2. The molecule has 29 heavy (non-hydrogen) atoms. The van der Waals surface area contributed by atoms with Crippen LogP contribution in [-0.2, 0) is 11.2 Å². The molecule has 2 aromatic heterocycles. The van der Waals surface area contributed by atoms with E-state index in [4.69, 9.17) is 0 Å². The maximum Gasteiger partial charge on any atom is 0.252 e. The molecule has 2 amide bonds. The first-order chi connectivity index (χ1) is 14.1. The number of aromatic nitrogens is 2. The minimum absolute atomic E-state index is 0.103. The van der Waals surface area contributed by atoms with Crippen molar-refractivity contribution in [3.63, 3.8) is 0 Å². The molecule has 1 aliphatic heterocycles. The Balaban J connectivity index is 1.34. The molecule has 0 radical (unpaired) electrons. The van der Waals surface area contributed by atoms with Crippen molar-refractivity contribution in [1.29, 1.82) is 0 Å². The van der Waals surface area contributed by atoms with E-state index < -0.39 is 0 Å². The van der Waals surface area contributed by atoms with Gasteiger partial charge in [-0.1, -0.05) is 18.2 Å². The van der Waals surface area contributed by atoms with Gasteiger partial charge in [-0.05, 0) is 24.1 Å². The third-order valence-corrected chi connectivity index (χ3v) is 5.43. The van der Waals surface area contributed by atoms with Crippen LogP contribution in [0.25, 0.3) is 10.9 Å². The Bertz CT molecular complexity index is 1020. The van der Waals surface area contributed by atoms with Gasteiger partial charge in [0, 0.05) is 62.9 Å². The van der Waals surface area contributed by atoms with Gasteiger partial charge < -0.3 is 20.1 Å². The molecule has 1 aliphatic rings. The first-order valence-electron chi connectivity index (χ1n) is 9.90. The SMILES string of the molecule is CC(=O)N1CCN(c2cncc(C(=O)NCCc3c[nH]c4ccccc34)c2)CC1. The molecule has 0 atom stereocenters. The van der Waals surface area contributed by atoms with Crippen molar-refractivity contribution >= 4 is 28.4 Å². The van der Waals surface area contributed by atoms with Crippen LogP contribution < -0.4 is 10.2 Å². The molecular formula is C22H25N5O2. The highest BCUT2D eigenvalue weighted by Gasteiger charge is 2.19. The van der Waals surface area contributed by atoms with Gasteiger partial charge in [0.1, 0.15) is 0 Å². The van der Waals surface area contributed by atoms with E-state index in [9.17, 15) is 9.59 Å². The van der Waals surface area contributed by atoms with Gasteiger partial charge in [-0.15, -0.1) is 0 Å². The Morgan fingerprint density at radius 2 is 1.93 bits per heavy atom. The Kier molecular flexibility index (Phi) is 5.46. The molecule has 7 nitrogen and oxygen atoms in total. The Morgan fingerprint density at radius 3 is 2.72 bits per heavy atom. The average molecular weight is 391 g/mol. The summed E-state index contributed by atoms with van der Waals surface area (Å²) in [5.74, 6) is -0.0207. The van der Waals surface area contributed by atoms with Crippen molar-refractivity contribution in [2.45, 2.75) is 13.3 Å². The predicted molar refractivity (Wildman–Crippen MR) is 113 cm³/mol. The fourth-order valence-corrected chi connectivity index (χ4v) is 3.76. The number of hydrogen-bond acceptors (Lipinski definition) is 4. The molecule has 0 bridgehead atoms. The zero-order chi connectivity index (χ0) is 20.2. The number of carbonyl (C=O) groups excluding carboxylic acids is 2. The number of nitrogens with one attached hydrogen (secondary N) is 2. The molecular weight excluding hydrogens is 366 g/mol. The average Bonchev–Trinajstić information content (AvgIpc) is 3.17. The number of para-hydroxylation sites is 1. The molecule has 1 saturated heterocycles. The van der Waals surface area contributed by atoms with Gasteiger partial charge in [-0.2, -0.15) is 0 Å². The zero-order valence-corrected chi connectivity index (χ0v) is 16.5. The van der Waals surface area contributed by atoms with E-state index in [2.05, 4.69) is 26.3 Å². The number of aromatic amines is 1. The highest BCUT2D eigenvalue weighted by Crippen LogP contribution is 2.19. The van der Waals surface area contributed by atoms with Crippen molar-refractivity contribution in [2.75, 3.05) is 37.6 Å². The summed E-state index contributed by atoms with van der Waals surface area (Å²) in [5.41, 5.74) is 3.76. The van der Waals surface area contributed by atoms with E-state index in [-0.39, 0.29) is 11.8 Å². The molecule has 4 rings (SSSR count). The summed E-state index contributed by atoms with van der Waals surface area (Å²) in [4.78, 5) is 35.6. The lowest BCUT2D eigenvalue weighted by molar-refractivity contribution is -0.129. The van der Waals surface area contributed by atoms with Crippen LogP contribution >= 0.6 is 0 Å². The minimum Gasteiger partial charge on any atom is -0.367 e. The van der Waals surface area contributed by atoms with Crippen molar-refractivity contribution in [3.8, 4) is 0 Å². The third-order valence-electron chi connectivity index (χ3n) is 5.43. The van der Waals surface area contributed by atoms with Gasteiger partial charge in [0.15, 0.2) is 0 Å². The number of carbonyl (C=O) groups is 2. The second-order valence-electron chi connectivity index (χ2n) is 7.29. The van der Waals surface area contributed by atoms with Crippen LogP contribution in [-0.4, -0.2) is 59.4 Å². The molecule has 150 valence electrons. The number of pyridine rings is 1. The number of H-pyrrole nitrogens is 1. The third kappa shape index (κ3) is 4.23. The van der Waals surface area contributed by atoms with Gasteiger partial charge in [0.25, 0.3) is 5.91 Å². The van der Waals surface area contributed by atoms with Crippen LogP contribution in [0.2, 0.25) is 0 Å². The van der Waals surface area contributed by atoms with Gasteiger partial charge in [-0.25, -0.2) is 0 Å². The smallest absolute Gasteiger partial charge is 0.252 e. The molecule has 0 spiro atoms. The van der Waals surface area contributed by atoms with Crippen LogP contribution in [0.1, 0.15) is 22.8 Å². The highest BCUT2D eigenvalue weighted by atomic mass is 16.2. The van der Waals surface area contributed by atoms with Gasteiger partial charge in [0.2, 0.25) is 5.91 Å². The van der Waals surface area contributed by atoms with E-state index in [0.717, 1.165) is 30.7 Å². The van der Waals surface area contributed by atoms with Crippen LogP contribution in [0.15, 0.2) is 48.9 Å². The monoisotopic (exact) mass is 391 g/mol. The van der Waals surface area contributed by atoms with Gasteiger partial charge in [-0.3, -0.25) is 14.6 Å². The van der Waals surface area contributed by atoms with Gasteiger partial charge in [0.05, 0.1) is 17.4 Å². The number of rotatable bonds is 5. The van der Waals surface area contributed by atoms with Crippen molar-refractivity contribution in [2.24, 2.45) is 0 Å². The molecule has 0 aliphatic carbocycles. The minimum atomic E-state index is -0.124. The number of fused-ring (bicyclic) bond motifs is 1. The summed E-state index contributed by atoms with van der Waals surface area (Å²) in [6, 6.07) is 10.0. The standard InChI is InChI=1S/C22H25N5O2/c1-16(28)26-8-10-27(11-9-26)19-12-18(13-23-15-19)22(29)24-7-6-17-14-25-21-5-3-2-4-20(17)21/h2-5,12-15,25H,6-11H2,1H3,(H,24,29). The number of hydrogen-bond donors (Lipinski definition) is 2. The number of benzene rings is 1. The van der Waals surface area contributed by atoms with Crippen molar-refractivity contribution < 1.29 is 9.59 Å². The van der Waals surface area contributed by atoms with E-state index >= 15 is 0 Å². The van der Waals surface area contributed by atoms with Crippen LogP contribution in [0, 0.1) is 0 Å². The predicted octanol–water partition coefficient (Wildman–Crippen LogP) is 2.20. The molecule has 0 saturated carbocycles. The Hall–Kier alpha value is -3.35. The molecule has 3 heterocycles. The van der Waals surface area contributed by atoms with Crippen LogP contribution in [0.3, 0.4) is 0 Å². The molecule has 1 aromatic carbocycles. The molecule has 1 fully saturated rings. The van der Waals surface area contributed by atoms with E-state index in [1.807, 2.05) is 35.4 Å². The largest absolute Gasteiger partial charge is 0.367 e. The topological polar surface area (TPSA) is 81.3 Å². The number of anilines is 1. The maximum absolute atomic E-state index is 12.6. The maximum atomic E-state index is 12.6. The first-order valence-corrected chi connectivity index (χ1v) is 9.90. The second kappa shape index (κ2) is 8.34. The molecule has 2 N–H and O–H groups in total. The summed E-state index contributed by atoms with van der Waals surface area (Å²) in [6.45, 7) is 5.02. The van der Waals surface area contributed by atoms with Crippen LogP contribution in [0.5, 0.6) is 0 Å². The van der Waals surface area contributed by atoms with E-state index in [0.29, 0.717) is 25.2 Å². The Labute approximate surface area is 169 Å². The van der Waals surface area contributed by atoms with Gasteiger partial charge >= 0.3 is 0 Å². The molecule has 3 aromatic rings.